The number of nitrogens with zero attached hydrogens (tertiary/aromatic N) is 2. The summed E-state index contributed by atoms with van der Waals surface area (Å²) in [6.45, 7) is 5.89. The Hall–Kier alpha value is -3.54. The minimum absolute atomic E-state index is 0.330. The molecule has 1 aromatic heterocycles. The number of anilines is 1. The summed E-state index contributed by atoms with van der Waals surface area (Å²) in [5.74, 6) is 1.54. The van der Waals surface area contributed by atoms with Crippen molar-refractivity contribution in [2.75, 3.05) is 19.1 Å². The second kappa shape index (κ2) is 10.2. The Kier molecular flexibility index (Phi) is 7.36. The summed E-state index contributed by atoms with van der Waals surface area (Å²) in [5, 5.41) is 0. The van der Waals surface area contributed by atoms with Crippen molar-refractivity contribution in [1.29, 1.82) is 0 Å². The average Bonchev–Trinajstić information content (AvgIpc) is 2.76. The van der Waals surface area contributed by atoms with Crippen molar-refractivity contribution in [3.8, 4) is 11.5 Å². The zero-order chi connectivity index (χ0) is 23.1. The molecule has 32 heavy (non-hydrogen) atoms. The number of pyridine rings is 1. The Balaban J connectivity index is 1.91. The van der Waals surface area contributed by atoms with Crippen LogP contribution in [-0.4, -0.2) is 30.9 Å². The van der Waals surface area contributed by atoms with Crippen molar-refractivity contribution < 1.29 is 19.0 Å². The van der Waals surface area contributed by atoms with Crippen LogP contribution in [-0.2, 0) is 17.7 Å². The van der Waals surface area contributed by atoms with E-state index in [2.05, 4.69) is 4.98 Å². The van der Waals surface area contributed by atoms with E-state index >= 15 is 0 Å². The van der Waals surface area contributed by atoms with Crippen molar-refractivity contribution in [2.45, 2.75) is 39.3 Å². The van der Waals surface area contributed by atoms with Gasteiger partial charge in [-0.3, -0.25) is 9.88 Å². The van der Waals surface area contributed by atoms with Gasteiger partial charge in [0.05, 0.1) is 32.6 Å². The lowest BCUT2D eigenvalue weighted by atomic mass is 10.1. The summed E-state index contributed by atoms with van der Waals surface area (Å²) in [5.41, 5.74) is 3.06. The van der Waals surface area contributed by atoms with Crippen LogP contribution in [0.5, 0.6) is 11.5 Å². The highest BCUT2D eigenvalue weighted by molar-refractivity contribution is 5.87. The minimum atomic E-state index is -0.616. The molecule has 0 saturated heterocycles. The molecule has 3 rings (SSSR count). The topological polar surface area (TPSA) is 60.9 Å². The number of ether oxygens (including phenoxy) is 3. The Morgan fingerprint density at radius 1 is 0.875 bits per heavy atom. The molecule has 0 aliphatic heterocycles. The highest BCUT2D eigenvalue weighted by Crippen LogP contribution is 2.24. The molecule has 0 atom stereocenters. The Bertz CT molecular complexity index is 1060. The maximum Gasteiger partial charge on any atom is 0.415 e. The van der Waals surface area contributed by atoms with Gasteiger partial charge in [0.25, 0.3) is 0 Å². The summed E-state index contributed by atoms with van der Waals surface area (Å²) >= 11 is 0. The van der Waals surface area contributed by atoms with Gasteiger partial charge in [-0.15, -0.1) is 0 Å². The quantitative estimate of drug-likeness (QED) is 0.482. The lowest BCUT2D eigenvalue weighted by Gasteiger charge is -2.27. The fourth-order valence-corrected chi connectivity index (χ4v) is 3.27. The molecule has 0 saturated carbocycles. The molecule has 0 spiro atoms. The SMILES string of the molecule is COc1cccc(Cc2cncc(N(Cc3cccc(OC)c3)C(=O)OC(C)(C)C)c2)c1. The normalized spacial score (nSPS) is 11.0. The van der Waals surface area contributed by atoms with Crippen LogP contribution in [0.1, 0.15) is 37.5 Å². The average molecular weight is 435 g/mol. The Morgan fingerprint density at radius 3 is 2.12 bits per heavy atom. The van der Waals surface area contributed by atoms with E-state index in [1.165, 1.54) is 0 Å². The van der Waals surface area contributed by atoms with Crippen molar-refractivity contribution in [2.24, 2.45) is 0 Å². The number of methoxy groups -OCH3 is 2. The van der Waals surface area contributed by atoms with Gasteiger partial charge in [-0.1, -0.05) is 24.3 Å². The van der Waals surface area contributed by atoms with E-state index in [9.17, 15) is 4.79 Å². The lowest BCUT2D eigenvalue weighted by Crippen LogP contribution is -2.36. The predicted octanol–water partition coefficient (Wildman–Crippen LogP) is 5.63. The van der Waals surface area contributed by atoms with Crippen LogP contribution in [0.15, 0.2) is 67.0 Å². The first-order valence-corrected chi connectivity index (χ1v) is 10.5. The molecular weight excluding hydrogens is 404 g/mol. The first kappa shape index (κ1) is 23.1. The monoisotopic (exact) mass is 434 g/mol. The fraction of sp³-hybridized carbons (Fsp3) is 0.308. The van der Waals surface area contributed by atoms with Gasteiger partial charge < -0.3 is 14.2 Å². The Labute approximate surface area is 189 Å². The summed E-state index contributed by atoms with van der Waals surface area (Å²) in [7, 11) is 3.27. The zero-order valence-electron chi connectivity index (χ0n) is 19.3. The van der Waals surface area contributed by atoms with Crippen molar-refractivity contribution in [3.63, 3.8) is 0 Å². The molecule has 0 fully saturated rings. The standard InChI is InChI=1S/C26H30N2O4/c1-26(2,3)32-25(29)28(18-20-9-7-11-24(15-20)31-5)22-13-21(16-27-17-22)12-19-8-6-10-23(14-19)30-4/h6-11,13-17H,12,18H2,1-5H3. The highest BCUT2D eigenvalue weighted by Gasteiger charge is 2.24. The molecule has 0 radical (unpaired) electrons. The molecule has 0 aliphatic rings. The van der Waals surface area contributed by atoms with Gasteiger partial charge in [-0.2, -0.15) is 0 Å². The molecule has 168 valence electrons. The number of carbonyl (C=O) groups excluding carboxylic acids is 1. The van der Waals surface area contributed by atoms with Crippen LogP contribution in [0.25, 0.3) is 0 Å². The molecule has 3 aromatic rings. The molecule has 0 aliphatic carbocycles. The summed E-state index contributed by atoms with van der Waals surface area (Å²) < 4.78 is 16.3. The van der Waals surface area contributed by atoms with E-state index in [4.69, 9.17) is 14.2 Å². The molecule has 2 aromatic carbocycles. The lowest BCUT2D eigenvalue weighted by molar-refractivity contribution is 0.0577. The van der Waals surface area contributed by atoms with E-state index < -0.39 is 11.7 Å². The van der Waals surface area contributed by atoms with Crippen LogP contribution in [0, 0.1) is 0 Å². The van der Waals surface area contributed by atoms with E-state index in [0.29, 0.717) is 18.7 Å². The molecule has 0 bridgehead atoms. The summed E-state index contributed by atoms with van der Waals surface area (Å²) in [6, 6.07) is 17.5. The van der Waals surface area contributed by atoms with Crippen LogP contribution < -0.4 is 14.4 Å². The largest absolute Gasteiger partial charge is 0.497 e. The number of rotatable bonds is 7. The van der Waals surface area contributed by atoms with E-state index in [0.717, 1.165) is 28.2 Å². The third kappa shape index (κ3) is 6.48. The fourth-order valence-electron chi connectivity index (χ4n) is 3.27. The second-order valence-corrected chi connectivity index (χ2v) is 8.50. The second-order valence-electron chi connectivity index (χ2n) is 8.50. The minimum Gasteiger partial charge on any atom is -0.497 e. The molecule has 0 unspecified atom stereocenters. The van der Waals surface area contributed by atoms with Gasteiger partial charge >= 0.3 is 6.09 Å². The van der Waals surface area contributed by atoms with Gasteiger partial charge in [0.15, 0.2) is 0 Å². The summed E-state index contributed by atoms with van der Waals surface area (Å²) in [6.07, 6.45) is 3.72. The number of benzene rings is 2. The van der Waals surface area contributed by atoms with Gasteiger partial charge in [0, 0.05) is 6.20 Å². The number of aromatic nitrogens is 1. The van der Waals surface area contributed by atoms with E-state index in [-0.39, 0.29) is 0 Å². The smallest absolute Gasteiger partial charge is 0.415 e. The van der Waals surface area contributed by atoms with Crippen molar-refractivity contribution in [1.82, 2.24) is 4.98 Å². The summed E-state index contributed by atoms with van der Waals surface area (Å²) in [4.78, 5) is 19.1. The molecule has 6 heteroatoms. The first-order chi connectivity index (χ1) is 15.3. The van der Waals surface area contributed by atoms with Gasteiger partial charge in [0.1, 0.15) is 17.1 Å². The van der Waals surface area contributed by atoms with Crippen LogP contribution >= 0.6 is 0 Å². The molecule has 0 N–H and O–H groups in total. The van der Waals surface area contributed by atoms with Crippen molar-refractivity contribution in [3.05, 3.63) is 83.7 Å². The molecule has 6 nitrogen and oxygen atoms in total. The molecule has 1 amide bonds. The maximum absolute atomic E-state index is 13.1. The first-order valence-electron chi connectivity index (χ1n) is 10.5. The van der Waals surface area contributed by atoms with Crippen molar-refractivity contribution >= 4 is 11.8 Å². The Morgan fingerprint density at radius 2 is 1.50 bits per heavy atom. The maximum atomic E-state index is 13.1. The third-order valence-corrected chi connectivity index (χ3v) is 4.72. The van der Waals surface area contributed by atoms with Crippen LogP contribution in [0.4, 0.5) is 10.5 Å². The number of hydrogen-bond acceptors (Lipinski definition) is 5. The molecular formula is C26H30N2O4. The number of amides is 1. The van der Waals surface area contributed by atoms with Gasteiger partial charge in [-0.05, 0) is 74.2 Å². The zero-order valence-corrected chi connectivity index (χ0v) is 19.3. The van der Waals surface area contributed by atoms with Crippen LogP contribution in [0.3, 0.4) is 0 Å². The van der Waals surface area contributed by atoms with Crippen LogP contribution in [0.2, 0.25) is 0 Å². The highest BCUT2D eigenvalue weighted by atomic mass is 16.6. The van der Waals surface area contributed by atoms with Gasteiger partial charge in [0.2, 0.25) is 0 Å². The van der Waals surface area contributed by atoms with E-state index in [1.807, 2.05) is 81.6 Å². The van der Waals surface area contributed by atoms with E-state index in [1.54, 1.807) is 25.3 Å². The van der Waals surface area contributed by atoms with Gasteiger partial charge in [-0.25, -0.2) is 4.79 Å². The predicted molar refractivity (Wildman–Crippen MR) is 125 cm³/mol. The number of carbonyl (C=O) groups is 1. The third-order valence-electron chi connectivity index (χ3n) is 4.72. The number of hydrogen-bond donors (Lipinski definition) is 0. The molecule has 1 heterocycles.